The van der Waals surface area contributed by atoms with Crippen LogP contribution in [-0.2, 0) is 6.61 Å². The third kappa shape index (κ3) is 3.92. The molecule has 0 spiro atoms. The quantitative estimate of drug-likeness (QED) is 0.843. The molecule has 1 heterocycles. The van der Waals surface area contributed by atoms with Crippen LogP contribution in [0, 0.1) is 0 Å². The molecule has 0 unspecified atom stereocenters. The molecule has 3 rings (SSSR count). The molecule has 1 aliphatic rings. The van der Waals surface area contributed by atoms with Crippen molar-refractivity contribution in [1.82, 2.24) is 4.90 Å². The largest absolute Gasteiger partial charge is 0.489 e. The number of hydrogen-bond donors (Lipinski definition) is 0. The van der Waals surface area contributed by atoms with E-state index in [0.29, 0.717) is 12.6 Å². The molecule has 0 N–H and O–H groups in total. The second kappa shape index (κ2) is 7.32. The molecule has 0 aromatic heterocycles. The molecule has 0 saturated carbocycles. The van der Waals surface area contributed by atoms with E-state index in [1.807, 2.05) is 59.5 Å². The van der Waals surface area contributed by atoms with Gasteiger partial charge in [-0.3, -0.25) is 4.79 Å². The van der Waals surface area contributed by atoms with Gasteiger partial charge in [0.25, 0.3) is 5.91 Å². The van der Waals surface area contributed by atoms with E-state index in [1.54, 1.807) is 0 Å². The van der Waals surface area contributed by atoms with Gasteiger partial charge in [0.1, 0.15) is 12.4 Å². The van der Waals surface area contributed by atoms with Crippen molar-refractivity contribution in [1.29, 1.82) is 0 Å². The number of likely N-dealkylation sites (tertiary alicyclic amines) is 1. The van der Waals surface area contributed by atoms with Gasteiger partial charge in [0.05, 0.1) is 0 Å². The van der Waals surface area contributed by atoms with Gasteiger partial charge in [0, 0.05) is 18.2 Å². The van der Waals surface area contributed by atoms with Crippen LogP contribution in [0.3, 0.4) is 0 Å². The molecule has 1 aliphatic heterocycles. The maximum absolute atomic E-state index is 12.6. The second-order valence-corrected chi connectivity index (χ2v) is 6.14. The summed E-state index contributed by atoms with van der Waals surface area (Å²) in [6.45, 7) is 3.54. The molecule has 2 aromatic rings. The number of carbonyl (C=O) groups excluding carboxylic acids is 1. The normalized spacial score (nSPS) is 17.8. The van der Waals surface area contributed by atoms with Crippen LogP contribution in [0.15, 0.2) is 54.6 Å². The van der Waals surface area contributed by atoms with Crippen molar-refractivity contribution < 1.29 is 9.53 Å². The monoisotopic (exact) mass is 309 g/mol. The number of carbonyl (C=O) groups is 1. The summed E-state index contributed by atoms with van der Waals surface area (Å²) in [4.78, 5) is 14.6. The van der Waals surface area contributed by atoms with Crippen LogP contribution < -0.4 is 4.74 Å². The molecule has 1 fully saturated rings. The van der Waals surface area contributed by atoms with Crippen LogP contribution in [0.1, 0.15) is 42.1 Å². The van der Waals surface area contributed by atoms with Crippen molar-refractivity contribution in [3.63, 3.8) is 0 Å². The first-order valence-corrected chi connectivity index (χ1v) is 8.32. The maximum Gasteiger partial charge on any atom is 0.254 e. The highest BCUT2D eigenvalue weighted by Crippen LogP contribution is 2.21. The van der Waals surface area contributed by atoms with Crippen molar-refractivity contribution in [2.24, 2.45) is 0 Å². The van der Waals surface area contributed by atoms with Crippen LogP contribution >= 0.6 is 0 Å². The third-order valence-corrected chi connectivity index (χ3v) is 4.41. The minimum absolute atomic E-state index is 0.131. The average molecular weight is 309 g/mol. The number of benzene rings is 2. The predicted octanol–water partition coefficient (Wildman–Crippen LogP) is 4.28. The first-order valence-electron chi connectivity index (χ1n) is 8.32. The Kier molecular flexibility index (Phi) is 4.96. The topological polar surface area (TPSA) is 29.5 Å². The third-order valence-electron chi connectivity index (χ3n) is 4.41. The Balaban J connectivity index is 1.61. The molecular weight excluding hydrogens is 286 g/mol. The van der Waals surface area contributed by atoms with Gasteiger partial charge in [0.15, 0.2) is 0 Å². The molecule has 3 nitrogen and oxygen atoms in total. The number of nitrogens with zero attached hydrogens (tertiary/aromatic N) is 1. The molecule has 1 saturated heterocycles. The minimum atomic E-state index is 0.131. The molecule has 2 aromatic carbocycles. The van der Waals surface area contributed by atoms with Gasteiger partial charge < -0.3 is 9.64 Å². The van der Waals surface area contributed by atoms with Crippen molar-refractivity contribution in [3.8, 4) is 5.75 Å². The Hall–Kier alpha value is -2.29. The van der Waals surface area contributed by atoms with Gasteiger partial charge in [-0.2, -0.15) is 0 Å². The zero-order valence-electron chi connectivity index (χ0n) is 13.6. The molecular formula is C20H23NO2. The molecule has 0 bridgehead atoms. The Morgan fingerprint density at radius 2 is 1.83 bits per heavy atom. The summed E-state index contributed by atoms with van der Waals surface area (Å²) in [5, 5.41) is 0. The lowest BCUT2D eigenvalue weighted by Gasteiger charge is -2.33. The Labute approximate surface area is 137 Å². The summed E-state index contributed by atoms with van der Waals surface area (Å²) < 4.78 is 5.77. The van der Waals surface area contributed by atoms with Gasteiger partial charge in [0.2, 0.25) is 0 Å². The highest BCUT2D eigenvalue weighted by molar-refractivity contribution is 5.94. The Bertz CT molecular complexity index is 636. The predicted molar refractivity (Wildman–Crippen MR) is 91.6 cm³/mol. The van der Waals surface area contributed by atoms with E-state index < -0.39 is 0 Å². The van der Waals surface area contributed by atoms with Gasteiger partial charge >= 0.3 is 0 Å². The summed E-state index contributed by atoms with van der Waals surface area (Å²) >= 11 is 0. The highest BCUT2D eigenvalue weighted by Gasteiger charge is 2.23. The Morgan fingerprint density at radius 1 is 1.09 bits per heavy atom. The summed E-state index contributed by atoms with van der Waals surface area (Å²) in [5.74, 6) is 0.920. The zero-order valence-corrected chi connectivity index (χ0v) is 13.6. The minimum Gasteiger partial charge on any atom is -0.489 e. The fourth-order valence-corrected chi connectivity index (χ4v) is 3.00. The van der Waals surface area contributed by atoms with Crippen LogP contribution in [-0.4, -0.2) is 23.4 Å². The molecule has 120 valence electrons. The highest BCUT2D eigenvalue weighted by atomic mass is 16.5. The molecule has 0 aliphatic carbocycles. The first kappa shape index (κ1) is 15.6. The number of piperidine rings is 1. The molecule has 3 heteroatoms. The molecule has 1 amide bonds. The summed E-state index contributed by atoms with van der Waals surface area (Å²) in [6, 6.07) is 17.9. The van der Waals surface area contributed by atoms with Crippen molar-refractivity contribution >= 4 is 5.91 Å². The number of amides is 1. The van der Waals surface area contributed by atoms with E-state index in [4.69, 9.17) is 4.74 Å². The molecule has 0 radical (unpaired) electrons. The van der Waals surface area contributed by atoms with Crippen LogP contribution in [0.25, 0.3) is 0 Å². The molecule has 1 atom stereocenters. The van der Waals surface area contributed by atoms with E-state index in [-0.39, 0.29) is 5.91 Å². The van der Waals surface area contributed by atoms with E-state index >= 15 is 0 Å². The number of hydrogen-bond acceptors (Lipinski definition) is 2. The fraction of sp³-hybridized carbons (Fsp3) is 0.350. The van der Waals surface area contributed by atoms with Crippen LogP contribution in [0.4, 0.5) is 0 Å². The SMILES string of the molecule is C[C@@H]1CCCCN1C(=O)c1ccc(OCc2ccccc2)cc1. The first-order chi connectivity index (χ1) is 11.2. The Morgan fingerprint density at radius 3 is 2.52 bits per heavy atom. The van der Waals surface area contributed by atoms with Crippen molar-refractivity contribution in [3.05, 3.63) is 65.7 Å². The lowest BCUT2D eigenvalue weighted by Crippen LogP contribution is -2.41. The standard InChI is InChI=1S/C20H23NO2/c1-16-7-5-6-14-21(16)20(22)18-10-12-19(13-11-18)23-15-17-8-3-2-4-9-17/h2-4,8-13,16H,5-7,14-15H2,1H3/t16-/m1/s1. The summed E-state index contributed by atoms with van der Waals surface area (Å²) in [5.41, 5.74) is 1.88. The smallest absolute Gasteiger partial charge is 0.254 e. The van der Waals surface area contributed by atoms with Gasteiger partial charge in [-0.1, -0.05) is 30.3 Å². The summed E-state index contributed by atoms with van der Waals surface area (Å²) in [6.07, 6.45) is 3.43. The van der Waals surface area contributed by atoms with Crippen molar-refractivity contribution in [2.45, 2.75) is 38.8 Å². The average Bonchev–Trinajstić information content (AvgIpc) is 2.61. The van der Waals surface area contributed by atoms with Gasteiger partial charge in [-0.25, -0.2) is 0 Å². The zero-order chi connectivity index (χ0) is 16.1. The fourth-order valence-electron chi connectivity index (χ4n) is 3.00. The van der Waals surface area contributed by atoms with Crippen molar-refractivity contribution in [2.75, 3.05) is 6.54 Å². The number of ether oxygens (including phenoxy) is 1. The lowest BCUT2D eigenvalue weighted by atomic mass is 10.0. The van der Waals surface area contributed by atoms with Gasteiger partial charge in [-0.05, 0) is 56.0 Å². The lowest BCUT2D eigenvalue weighted by molar-refractivity contribution is 0.0635. The summed E-state index contributed by atoms with van der Waals surface area (Å²) in [7, 11) is 0. The second-order valence-electron chi connectivity index (χ2n) is 6.14. The molecule has 23 heavy (non-hydrogen) atoms. The van der Waals surface area contributed by atoms with E-state index in [9.17, 15) is 4.79 Å². The van der Waals surface area contributed by atoms with Gasteiger partial charge in [-0.15, -0.1) is 0 Å². The van der Waals surface area contributed by atoms with E-state index in [1.165, 1.54) is 6.42 Å². The van der Waals surface area contributed by atoms with E-state index in [2.05, 4.69) is 6.92 Å². The maximum atomic E-state index is 12.6. The number of rotatable bonds is 4. The van der Waals surface area contributed by atoms with Crippen LogP contribution in [0.5, 0.6) is 5.75 Å². The van der Waals surface area contributed by atoms with Crippen LogP contribution in [0.2, 0.25) is 0 Å². The van der Waals surface area contributed by atoms with E-state index in [0.717, 1.165) is 36.3 Å².